The maximum absolute atomic E-state index is 12.6. The van der Waals surface area contributed by atoms with E-state index >= 15 is 0 Å². The van der Waals surface area contributed by atoms with Crippen molar-refractivity contribution in [2.45, 2.75) is 58.5 Å². The minimum Gasteiger partial charge on any atom is -0.396 e. The van der Waals surface area contributed by atoms with Crippen molar-refractivity contribution in [2.24, 2.45) is 16.7 Å². The van der Waals surface area contributed by atoms with Crippen LogP contribution in [0.2, 0.25) is 0 Å². The summed E-state index contributed by atoms with van der Waals surface area (Å²) in [7, 11) is 0. The van der Waals surface area contributed by atoms with Gasteiger partial charge in [-0.3, -0.25) is 9.59 Å². The first-order valence-electron chi connectivity index (χ1n) is 9.92. The lowest BCUT2D eigenvalue weighted by Gasteiger charge is -2.58. The predicted octanol–water partition coefficient (Wildman–Crippen LogP) is 1.66. The normalized spacial score (nSPS) is 33.2. The van der Waals surface area contributed by atoms with E-state index in [-0.39, 0.29) is 48.6 Å². The maximum Gasteiger partial charge on any atom is 0.223 e. The van der Waals surface area contributed by atoms with Crippen molar-refractivity contribution in [3.8, 4) is 12.3 Å². The van der Waals surface area contributed by atoms with E-state index in [2.05, 4.69) is 28.5 Å². The van der Waals surface area contributed by atoms with Gasteiger partial charge in [0.1, 0.15) is 0 Å². The third kappa shape index (κ3) is 3.79. The van der Waals surface area contributed by atoms with Crippen LogP contribution in [0.1, 0.15) is 56.5 Å². The van der Waals surface area contributed by atoms with Gasteiger partial charge in [-0.25, -0.2) is 4.98 Å². The number of carbonyl (C=O) groups excluding carboxylic acids is 2. The van der Waals surface area contributed by atoms with Gasteiger partial charge >= 0.3 is 0 Å². The van der Waals surface area contributed by atoms with Crippen LogP contribution in [-0.4, -0.2) is 46.3 Å². The molecule has 1 fully saturated rings. The quantitative estimate of drug-likeness (QED) is 0.543. The van der Waals surface area contributed by atoms with Crippen LogP contribution in [0.25, 0.3) is 0 Å². The Hall–Kier alpha value is -1.95. The lowest BCUT2D eigenvalue weighted by atomic mass is 9.47. The number of aliphatic hydroxyl groups is 2. The second-order valence-corrected chi connectivity index (χ2v) is 9.81. The van der Waals surface area contributed by atoms with Crippen LogP contribution in [0.15, 0.2) is 0 Å². The number of hydrogen-bond acceptors (Lipinski definition) is 6. The van der Waals surface area contributed by atoms with Gasteiger partial charge in [0.25, 0.3) is 0 Å². The molecular weight excluding hydrogens is 390 g/mol. The molecule has 0 saturated heterocycles. The zero-order valence-corrected chi connectivity index (χ0v) is 17.9. The molecule has 7 nitrogen and oxygen atoms in total. The van der Waals surface area contributed by atoms with Crippen LogP contribution in [0.5, 0.6) is 0 Å². The zero-order chi connectivity index (χ0) is 21.4. The first-order valence-corrected chi connectivity index (χ1v) is 10.7. The number of terminal acetylenes is 1. The SMILES string of the molecule is C#CCNC(=O)C[C@@H]1c2nc(NC(C)=O)sc2C[C@H]2[C@](C)(CO)[C@H](O)CC[C@]21C. The van der Waals surface area contributed by atoms with Gasteiger partial charge in [-0.2, -0.15) is 0 Å². The van der Waals surface area contributed by atoms with E-state index in [1.54, 1.807) is 0 Å². The highest BCUT2D eigenvalue weighted by atomic mass is 32.1. The maximum atomic E-state index is 12.6. The van der Waals surface area contributed by atoms with Crippen molar-refractivity contribution in [2.75, 3.05) is 18.5 Å². The Kier molecular flexibility index (Phi) is 6.04. The fraction of sp³-hybridized carbons (Fsp3) is 0.667. The molecule has 0 radical (unpaired) electrons. The molecule has 8 heteroatoms. The number of nitrogens with one attached hydrogen (secondary N) is 2. The van der Waals surface area contributed by atoms with Gasteiger partial charge in [-0.15, -0.1) is 17.8 Å². The van der Waals surface area contributed by atoms with Crippen LogP contribution in [-0.2, 0) is 16.0 Å². The van der Waals surface area contributed by atoms with Crippen LogP contribution >= 0.6 is 11.3 Å². The van der Waals surface area contributed by atoms with Crippen LogP contribution < -0.4 is 10.6 Å². The van der Waals surface area contributed by atoms with Gasteiger partial charge in [-0.05, 0) is 30.6 Å². The van der Waals surface area contributed by atoms with Crippen molar-refractivity contribution < 1.29 is 19.8 Å². The highest BCUT2D eigenvalue weighted by Crippen LogP contribution is 2.62. The summed E-state index contributed by atoms with van der Waals surface area (Å²) in [6, 6.07) is 0. The summed E-state index contributed by atoms with van der Waals surface area (Å²) in [6.45, 7) is 5.54. The fourth-order valence-electron chi connectivity index (χ4n) is 5.26. The summed E-state index contributed by atoms with van der Waals surface area (Å²) in [5, 5.41) is 26.9. The van der Waals surface area contributed by atoms with E-state index in [9.17, 15) is 19.8 Å². The number of anilines is 1. The molecule has 29 heavy (non-hydrogen) atoms. The number of hydrogen-bond donors (Lipinski definition) is 4. The molecule has 5 atom stereocenters. The fourth-order valence-corrected chi connectivity index (χ4v) is 6.37. The second kappa shape index (κ2) is 8.05. The minimum atomic E-state index is -0.670. The monoisotopic (exact) mass is 419 g/mol. The average molecular weight is 420 g/mol. The van der Waals surface area contributed by atoms with E-state index in [1.165, 1.54) is 18.3 Å². The van der Waals surface area contributed by atoms with Gasteiger partial charge in [-0.1, -0.05) is 19.8 Å². The minimum absolute atomic E-state index is 0.0210. The van der Waals surface area contributed by atoms with E-state index in [0.29, 0.717) is 18.0 Å². The second-order valence-electron chi connectivity index (χ2n) is 8.73. The third-order valence-corrected chi connectivity index (χ3v) is 7.96. The molecule has 0 aromatic carbocycles. The van der Waals surface area contributed by atoms with Gasteiger partial charge in [0.2, 0.25) is 11.8 Å². The molecule has 3 rings (SSSR count). The molecular formula is C21H29N3O4S. The Bertz CT molecular complexity index is 847. The molecule has 158 valence electrons. The topological polar surface area (TPSA) is 112 Å². The molecule has 4 N–H and O–H groups in total. The van der Waals surface area contributed by atoms with E-state index < -0.39 is 11.5 Å². The van der Waals surface area contributed by atoms with Gasteiger partial charge in [0, 0.05) is 29.6 Å². The third-order valence-electron chi connectivity index (χ3n) is 6.95. The largest absolute Gasteiger partial charge is 0.396 e. The summed E-state index contributed by atoms with van der Waals surface area (Å²) in [5.41, 5.74) is -0.153. The summed E-state index contributed by atoms with van der Waals surface area (Å²) in [4.78, 5) is 29.8. The van der Waals surface area contributed by atoms with Gasteiger partial charge in [0.05, 0.1) is 24.9 Å². The highest BCUT2D eigenvalue weighted by Gasteiger charge is 2.59. The number of thiazole rings is 1. The first-order chi connectivity index (χ1) is 13.7. The summed E-state index contributed by atoms with van der Waals surface area (Å²) in [6.07, 6.45) is 6.83. The van der Waals surface area contributed by atoms with Crippen molar-refractivity contribution in [3.05, 3.63) is 10.6 Å². The summed E-state index contributed by atoms with van der Waals surface area (Å²) in [5.74, 6) is 1.86. The summed E-state index contributed by atoms with van der Waals surface area (Å²) >= 11 is 1.41. The molecule has 2 aliphatic rings. The molecule has 1 heterocycles. The summed E-state index contributed by atoms with van der Waals surface area (Å²) < 4.78 is 0. The lowest BCUT2D eigenvalue weighted by molar-refractivity contribution is -0.144. The highest BCUT2D eigenvalue weighted by molar-refractivity contribution is 7.15. The molecule has 0 bridgehead atoms. The average Bonchev–Trinajstić information content (AvgIpc) is 3.06. The molecule has 1 aromatic rings. The van der Waals surface area contributed by atoms with Crippen molar-refractivity contribution in [1.29, 1.82) is 0 Å². The molecule has 2 aliphatic carbocycles. The number of rotatable bonds is 5. The Morgan fingerprint density at radius 3 is 2.76 bits per heavy atom. The predicted molar refractivity (Wildman–Crippen MR) is 111 cm³/mol. The molecule has 0 unspecified atom stereocenters. The van der Waals surface area contributed by atoms with Gasteiger partial charge in [0.15, 0.2) is 5.13 Å². The first kappa shape index (κ1) is 21.8. The number of nitrogens with zero attached hydrogens (tertiary/aromatic N) is 1. The molecule has 1 saturated carbocycles. The van der Waals surface area contributed by atoms with Gasteiger partial charge < -0.3 is 20.8 Å². The number of fused-ring (bicyclic) bond motifs is 2. The molecule has 0 aliphatic heterocycles. The van der Waals surface area contributed by atoms with Crippen LogP contribution in [0.4, 0.5) is 5.13 Å². The Labute approximate surface area is 175 Å². The van der Waals surface area contributed by atoms with E-state index in [1.807, 2.05) is 6.92 Å². The van der Waals surface area contributed by atoms with E-state index in [4.69, 9.17) is 6.42 Å². The Morgan fingerprint density at radius 2 is 2.14 bits per heavy atom. The zero-order valence-electron chi connectivity index (χ0n) is 17.1. The smallest absolute Gasteiger partial charge is 0.223 e. The molecule has 2 amide bonds. The number of aromatic nitrogens is 1. The molecule has 0 spiro atoms. The van der Waals surface area contributed by atoms with Crippen molar-refractivity contribution in [1.82, 2.24) is 10.3 Å². The number of amides is 2. The lowest BCUT2D eigenvalue weighted by Crippen LogP contribution is -2.57. The van der Waals surface area contributed by atoms with Crippen LogP contribution in [0.3, 0.4) is 0 Å². The van der Waals surface area contributed by atoms with E-state index in [0.717, 1.165) is 17.0 Å². The number of aliphatic hydroxyl groups excluding tert-OH is 2. The van der Waals surface area contributed by atoms with Crippen molar-refractivity contribution in [3.63, 3.8) is 0 Å². The molecule has 1 aromatic heterocycles. The van der Waals surface area contributed by atoms with Crippen LogP contribution in [0, 0.1) is 29.1 Å². The standard InChI is InChI=1S/C21H29N3O4S/c1-5-8-22-17(28)9-13-18-14(29-19(24-18)23-12(2)26)10-15-20(13,3)7-6-16(27)21(15,4)11-25/h1,13,15-16,25,27H,6-11H2,2-4H3,(H,22,28)(H,23,24,26)/t13-,15-,16-,20+,21+/m1/s1. The Morgan fingerprint density at radius 1 is 1.41 bits per heavy atom. The number of carbonyl (C=O) groups is 2. The van der Waals surface area contributed by atoms with Crippen molar-refractivity contribution >= 4 is 28.3 Å². The Balaban J connectivity index is 2.05.